The molecule has 1 heterocycles. The Morgan fingerprint density at radius 3 is 2.26 bits per heavy atom. The smallest absolute Gasteiger partial charge is 0.423 e. The zero-order valence-electron chi connectivity index (χ0n) is 16.0. The quantitative estimate of drug-likeness (QED) is 0.0776. The van der Waals surface area contributed by atoms with Gasteiger partial charge in [0.2, 0.25) is 0 Å². The van der Waals surface area contributed by atoms with E-state index in [9.17, 15) is 44.7 Å². The first-order valence-electron chi connectivity index (χ1n) is 8.62. The average molecular weight is 457 g/mol. The van der Waals surface area contributed by atoms with Crippen LogP contribution >= 0.6 is 0 Å². The zero-order valence-corrected chi connectivity index (χ0v) is 16.0. The zero-order chi connectivity index (χ0) is 23.9. The van der Waals surface area contributed by atoms with Gasteiger partial charge in [-0.3, -0.25) is 9.59 Å². The Balaban J connectivity index is 2.54. The van der Waals surface area contributed by atoms with Crippen LogP contribution in [0.2, 0.25) is 0 Å². The van der Waals surface area contributed by atoms with E-state index < -0.39 is 86.0 Å². The molecule has 0 aliphatic carbocycles. The number of aliphatic hydroxyl groups excluding tert-OH is 5. The fourth-order valence-electron chi connectivity index (χ4n) is 2.20. The van der Waals surface area contributed by atoms with Crippen molar-refractivity contribution in [2.75, 3.05) is 6.61 Å². The Morgan fingerprint density at radius 1 is 1.10 bits per heavy atom. The number of aliphatic hydroxyl groups is 6. The molecule has 0 saturated carbocycles. The van der Waals surface area contributed by atoms with Gasteiger partial charge in [-0.1, -0.05) is 0 Å². The molecule has 1 aliphatic heterocycles. The summed E-state index contributed by atoms with van der Waals surface area (Å²) in [5.41, 5.74) is 5.43. The summed E-state index contributed by atoms with van der Waals surface area (Å²) < 4.78 is 13.5. The van der Waals surface area contributed by atoms with Gasteiger partial charge in [-0.15, -0.1) is 0 Å². The number of hydrogen-bond donors (Lipinski definition) is 7. The lowest BCUT2D eigenvalue weighted by atomic mass is 9.98. The molecule has 16 heteroatoms. The van der Waals surface area contributed by atoms with E-state index in [0.29, 0.717) is 0 Å². The lowest BCUT2D eigenvalue weighted by Crippen LogP contribution is -2.66. The first kappa shape index (κ1) is 26.6. The van der Waals surface area contributed by atoms with Crippen LogP contribution in [0.3, 0.4) is 0 Å². The van der Waals surface area contributed by atoms with Gasteiger partial charge >= 0.3 is 36.1 Å². The van der Waals surface area contributed by atoms with Crippen molar-refractivity contribution in [2.24, 2.45) is 5.73 Å². The highest BCUT2D eigenvalue weighted by Gasteiger charge is 2.55. The average Bonchev–Trinajstić information content (AvgIpc) is 2.71. The fraction of sp³-hybridized carbons (Fsp3) is 0.733. The van der Waals surface area contributed by atoms with E-state index in [-0.39, 0.29) is 0 Å². The molecule has 1 rings (SSSR count). The van der Waals surface area contributed by atoms with Gasteiger partial charge in [0.15, 0.2) is 6.10 Å². The van der Waals surface area contributed by atoms with Crippen molar-refractivity contribution in [2.45, 2.75) is 62.5 Å². The molecule has 0 radical (unpaired) electrons. The summed E-state index contributed by atoms with van der Waals surface area (Å²) in [6.07, 6.45) is -11.4. The number of ether oxygens (including phenoxy) is 3. The second-order valence-electron chi connectivity index (χ2n) is 6.28. The van der Waals surface area contributed by atoms with Crippen LogP contribution in [0.25, 0.3) is 0 Å². The molecule has 1 aliphatic rings. The van der Waals surface area contributed by atoms with Gasteiger partial charge in [-0.25, -0.2) is 19.4 Å². The van der Waals surface area contributed by atoms with E-state index in [4.69, 9.17) is 15.6 Å². The molecule has 0 aromatic rings. The number of carbonyl (C=O) groups is 4. The largest absolute Gasteiger partial charge is 0.423 e. The van der Waals surface area contributed by atoms with Crippen molar-refractivity contribution in [1.82, 2.24) is 0 Å². The van der Waals surface area contributed by atoms with Crippen molar-refractivity contribution in [3.05, 3.63) is 0 Å². The molecule has 178 valence electrons. The first-order valence-corrected chi connectivity index (χ1v) is 8.62. The Kier molecular flexibility index (Phi) is 9.66. The molecule has 0 bridgehead atoms. The van der Waals surface area contributed by atoms with Crippen molar-refractivity contribution in [1.29, 1.82) is 0 Å². The third-order valence-corrected chi connectivity index (χ3v) is 3.82. The summed E-state index contributed by atoms with van der Waals surface area (Å²) in [5.74, 6) is -8.45. The maximum Gasteiger partial charge on any atom is 0.423 e. The lowest BCUT2D eigenvalue weighted by molar-refractivity contribution is -0.434. The summed E-state index contributed by atoms with van der Waals surface area (Å²) >= 11 is 0. The van der Waals surface area contributed by atoms with Crippen molar-refractivity contribution in [3.8, 4) is 0 Å². The van der Waals surface area contributed by atoms with Gasteiger partial charge in [0.05, 0.1) is 6.61 Å². The van der Waals surface area contributed by atoms with E-state index in [1.54, 1.807) is 0 Å². The molecule has 8 N–H and O–H groups in total. The van der Waals surface area contributed by atoms with Gasteiger partial charge in [0.1, 0.15) is 24.4 Å². The summed E-state index contributed by atoms with van der Waals surface area (Å²) in [6.45, 7) is -0.00886. The summed E-state index contributed by atoms with van der Waals surface area (Å²) in [4.78, 5) is 52.9. The summed E-state index contributed by atoms with van der Waals surface area (Å²) in [5, 5.41) is 57.5. The predicted octanol–water partition coefficient (Wildman–Crippen LogP) is -5.36. The van der Waals surface area contributed by atoms with Crippen LogP contribution in [0.1, 0.15) is 19.8 Å². The molecule has 2 unspecified atom stereocenters. The Bertz CT molecular complexity index is 669. The molecule has 0 spiro atoms. The van der Waals surface area contributed by atoms with E-state index in [1.807, 2.05) is 0 Å². The highest BCUT2D eigenvalue weighted by molar-refractivity contribution is 5.81. The van der Waals surface area contributed by atoms with Gasteiger partial charge in [-0.05, 0) is 6.42 Å². The number of carbonyl (C=O) groups excluding carboxylic acids is 4. The predicted molar refractivity (Wildman–Crippen MR) is 88.2 cm³/mol. The fourth-order valence-corrected chi connectivity index (χ4v) is 2.20. The van der Waals surface area contributed by atoms with Crippen LogP contribution < -0.4 is 5.73 Å². The summed E-state index contributed by atoms with van der Waals surface area (Å²) in [7, 11) is 0. The number of esters is 2. The number of rotatable bonds is 8. The van der Waals surface area contributed by atoms with E-state index in [2.05, 4.69) is 19.2 Å². The summed E-state index contributed by atoms with van der Waals surface area (Å²) in [6, 6.07) is -1.59. The molecular weight excluding hydrogens is 434 g/mol. The van der Waals surface area contributed by atoms with E-state index in [0.717, 1.165) is 6.92 Å². The highest BCUT2D eigenvalue weighted by Crippen LogP contribution is 2.29. The molecule has 16 nitrogen and oxygen atoms in total. The molecule has 0 aromatic heterocycles. The maximum atomic E-state index is 11.9. The molecule has 0 amide bonds. The first-order chi connectivity index (χ1) is 14.3. The van der Waals surface area contributed by atoms with Crippen LogP contribution in [-0.2, 0) is 43.2 Å². The van der Waals surface area contributed by atoms with Crippen LogP contribution in [0.15, 0.2) is 0 Å². The third-order valence-electron chi connectivity index (χ3n) is 3.82. The molecular formula is C15H23NO15. The minimum Gasteiger partial charge on any atom is -0.423 e. The topological polar surface area (TPSA) is 262 Å². The van der Waals surface area contributed by atoms with Gasteiger partial charge in [0, 0.05) is 13.3 Å². The van der Waals surface area contributed by atoms with Crippen molar-refractivity contribution in [3.63, 3.8) is 0 Å². The second kappa shape index (κ2) is 11.3. The van der Waals surface area contributed by atoms with Crippen molar-refractivity contribution < 1.29 is 73.8 Å². The molecule has 1 saturated heterocycles. The van der Waals surface area contributed by atoms with Crippen LogP contribution in [-0.4, -0.2) is 104 Å². The Labute approximate surface area is 173 Å². The lowest BCUT2D eigenvalue weighted by Gasteiger charge is -2.43. The van der Waals surface area contributed by atoms with Gasteiger partial charge in [-0.2, -0.15) is 0 Å². The minimum atomic E-state index is -3.12. The monoisotopic (exact) mass is 457 g/mol. The number of nitrogens with two attached hydrogens (primary N) is 1. The van der Waals surface area contributed by atoms with Crippen molar-refractivity contribution >= 4 is 23.9 Å². The molecule has 7 atom stereocenters. The highest BCUT2D eigenvalue weighted by atomic mass is 17.2. The normalized spacial score (nSPS) is 29.9. The van der Waals surface area contributed by atoms with E-state index in [1.165, 1.54) is 0 Å². The molecule has 0 aromatic carbocycles. The standard InChI is InChI=1S/C15H23NO15/c1-5(18)30-31-14(25)13(24)27-12(23)6(16)2-3-8(19)29-15(26)11(22)10(21)9(20)7(4-17)28-15/h6-7,9-11,13,17,20-22,24,26H,2-4,16H2,1H3/t6-,7-,9-,10+,11-,13?,15?/m1/s1. The van der Waals surface area contributed by atoms with Gasteiger partial charge in [0.25, 0.3) is 0 Å². The molecule has 31 heavy (non-hydrogen) atoms. The van der Waals surface area contributed by atoms with Crippen LogP contribution in [0, 0.1) is 0 Å². The Morgan fingerprint density at radius 2 is 1.71 bits per heavy atom. The van der Waals surface area contributed by atoms with Gasteiger partial charge < -0.3 is 50.6 Å². The van der Waals surface area contributed by atoms with Crippen LogP contribution in [0.4, 0.5) is 0 Å². The molecule has 1 fully saturated rings. The number of hydrogen-bond acceptors (Lipinski definition) is 16. The maximum absolute atomic E-state index is 11.9. The van der Waals surface area contributed by atoms with E-state index >= 15 is 0 Å². The van der Waals surface area contributed by atoms with Crippen LogP contribution in [0.5, 0.6) is 0 Å². The third kappa shape index (κ3) is 7.33. The SMILES string of the molecule is CC(=O)OOC(=O)C(O)OC(=O)[C@H](N)CCC(=O)OC1(O)O[C@H](CO)[C@@H](O)[C@H](O)[C@H]1O. The second-order valence-corrected chi connectivity index (χ2v) is 6.28. The minimum absolute atomic E-state index is 0.510. The Hall–Kier alpha value is -2.44.